The molecule has 4 rings (SSSR count). The summed E-state index contributed by atoms with van der Waals surface area (Å²) in [6, 6.07) is 7.65. The second kappa shape index (κ2) is 6.68. The zero-order valence-electron chi connectivity index (χ0n) is 14.5. The molecule has 0 atom stereocenters. The minimum Gasteiger partial charge on any atom is -0.486 e. The van der Waals surface area contributed by atoms with Crippen LogP contribution in [0.15, 0.2) is 39.4 Å². The number of halogens is 1. The first-order chi connectivity index (χ1) is 12.5. The standard InChI is InChI=1S/C20H18BrNO4/c1-11-5-14-13(10-26-17(14)6-12(11)2)7-20(23)22-16-9-19-18(8-15(16)21)24-3-4-25-19/h5-6,8-10H,3-4,7H2,1-2H3,(H,22,23). The van der Waals surface area contributed by atoms with Gasteiger partial charge in [-0.2, -0.15) is 0 Å². The Balaban J connectivity index is 1.55. The van der Waals surface area contributed by atoms with Gasteiger partial charge in [0.15, 0.2) is 11.5 Å². The molecule has 2 aromatic carbocycles. The van der Waals surface area contributed by atoms with Gasteiger partial charge < -0.3 is 19.2 Å². The third-order valence-electron chi connectivity index (χ3n) is 4.53. The number of carbonyl (C=O) groups excluding carboxylic acids is 1. The molecule has 0 saturated carbocycles. The van der Waals surface area contributed by atoms with E-state index in [4.69, 9.17) is 13.9 Å². The molecule has 0 spiro atoms. The van der Waals surface area contributed by atoms with Crippen LogP contribution in [0.25, 0.3) is 11.0 Å². The van der Waals surface area contributed by atoms with E-state index in [1.165, 1.54) is 11.1 Å². The first kappa shape index (κ1) is 17.0. The lowest BCUT2D eigenvalue weighted by molar-refractivity contribution is -0.115. The summed E-state index contributed by atoms with van der Waals surface area (Å²) in [6.45, 7) is 5.13. The maximum Gasteiger partial charge on any atom is 0.228 e. The van der Waals surface area contributed by atoms with E-state index in [2.05, 4.69) is 34.2 Å². The number of hydrogen-bond donors (Lipinski definition) is 1. The SMILES string of the molecule is Cc1cc2occ(CC(=O)Nc3cc4c(cc3Br)OCCO4)c2cc1C. The summed E-state index contributed by atoms with van der Waals surface area (Å²) in [5, 5.41) is 3.90. The Labute approximate surface area is 159 Å². The van der Waals surface area contributed by atoms with E-state index >= 15 is 0 Å². The topological polar surface area (TPSA) is 60.7 Å². The summed E-state index contributed by atoms with van der Waals surface area (Å²) in [7, 11) is 0. The van der Waals surface area contributed by atoms with Crippen LogP contribution in [0.2, 0.25) is 0 Å². The molecular formula is C20H18BrNO4. The molecule has 1 aromatic heterocycles. The number of anilines is 1. The summed E-state index contributed by atoms with van der Waals surface area (Å²) in [6.07, 6.45) is 1.89. The summed E-state index contributed by atoms with van der Waals surface area (Å²) in [5.74, 6) is 1.19. The van der Waals surface area contributed by atoms with E-state index in [0.717, 1.165) is 21.0 Å². The lowest BCUT2D eigenvalue weighted by Crippen LogP contribution is -2.17. The van der Waals surface area contributed by atoms with Crippen molar-refractivity contribution in [3.63, 3.8) is 0 Å². The molecule has 2 heterocycles. The zero-order valence-corrected chi connectivity index (χ0v) is 16.1. The molecule has 0 fully saturated rings. The lowest BCUT2D eigenvalue weighted by atomic mass is 10.0. The number of aryl methyl sites for hydroxylation is 2. The molecule has 0 unspecified atom stereocenters. The van der Waals surface area contributed by atoms with Crippen molar-refractivity contribution in [3.05, 3.63) is 51.7 Å². The minimum atomic E-state index is -0.122. The van der Waals surface area contributed by atoms with E-state index in [1.807, 2.05) is 19.1 Å². The highest BCUT2D eigenvalue weighted by molar-refractivity contribution is 9.10. The predicted octanol–water partition coefficient (Wildman–Crippen LogP) is 4.76. The van der Waals surface area contributed by atoms with Gasteiger partial charge in [-0.1, -0.05) is 0 Å². The molecule has 0 aliphatic carbocycles. The molecule has 0 radical (unpaired) electrons. The van der Waals surface area contributed by atoms with Crippen molar-refractivity contribution in [2.45, 2.75) is 20.3 Å². The molecule has 134 valence electrons. The monoisotopic (exact) mass is 415 g/mol. The van der Waals surface area contributed by atoms with Crippen molar-refractivity contribution in [1.29, 1.82) is 0 Å². The molecule has 1 aliphatic rings. The highest BCUT2D eigenvalue weighted by Gasteiger charge is 2.17. The average Bonchev–Trinajstić information content (AvgIpc) is 2.97. The molecule has 5 nitrogen and oxygen atoms in total. The smallest absolute Gasteiger partial charge is 0.228 e. The predicted molar refractivity (Wildman–Crippen MR) is 103 cm³/mol. The van der Waals surface area contributed by atoms with Crippen LogP contribution in [0.3, 0.4) is 0 Å². The zero-order chi connectivity index (χ0) is 18.3. The number of rotatable bonds is 3. The fourth-order valence-corrected chi connectivity index (χ4v) is 3.42. The molecular weight excluding hydrogens is 398 g/mol. The maximum atomic E-state index is 12.5. The number of benzene rings is 2. The summed E-state index contributed by atoms with van der Waals surface area (Å²) in [4.78, 5) is 12.5. The molecule has 6 heteroatoms. The molecule has 3 aromatic rings. The van der Waals surface area contributed by atoms with Gasteiger partial charge >= 0.3 is 0 Å². The van der Waals surface area contributed by atoms with Crippen LogP contribution in [0.1, 0.15) is 16.7 Å². The number of carbonyl (C=O) groups is 1. The number of ether oxygens (including phenoxy) is 2. The van der Waals surface area contributed by atoms with Crippen LogP contribution < -0.4 is 14.8 Å². The molecule has 26 heavy (non-hydrogen) atoms. The molecule has 1 N–H and O–H groups in total. The minimum absolute atomic E-state index is 0.122. The van der Waals surface area contributed by atoms with Crippen molar-refractivity contribution in [2.75, 3.05) is 18.5 Å². The van der Waals surface area contributed by atoms with Gasteiger partial charge in [-0.05, 0) is 53.0 Å². The fourth-order valence-electron chi connectivity index (χ4n) is 3.00. The maximum absolute atomic E-state index is 12.5. The highest BCUT2D eigenvalue weighted by atomic mass is 79.9. The van der Waals surface area contributed by atoms with Crippen LogP contribution in [0, 0.1) is 13.8 Å². The Bertz CT molecular complexity index is 1010. The number of fused-ring (bicyclic) bond motifs is 2. The van der Waals surface area contributed by atoms with Crippen molar-refractivity contribution >= 4 is 38.5 Å². The van der Waals surface area contributed by atoms with Crippen LogP contribution in [0.5, 0.6) is 11.5 Å². The first-order valence-corrected chi connectivity index (χ1v) is 9.17. The summed E-state index contributed by atoms with van der Waals surface area (Å²) in [5.41, 5.74) is 4.67. The van der Waals surface area contributed by atoms with Crippen molar-refractivity contribution in [1.82, 2.24) is 0 Å². The third-order valence-corrected chi connectivity index (χ3v) is 5.18. The van der Waals surface area contributed by atoms with Gasteiger partial charge in [0.05, 0.1) is 18.4 Å². The van der Waals surface area contributed by atoms with Crippen LogP contribution in [-0.4, -0.2) is 19.1 Å². The summed E-state index contributed by atoms with van der Waals surface area (Å²) >= 11 is 3.47. The second-order valence-corrected chi connectivity index (χ2v) is 7.25. The van der Waals surface area contributed by atoms with Gasteiger partial charge in [-0.3, -0.25) is 4.79 Å². The van der Waals surface area contributed by atoms with E-state index in [0.29, 0.717) is 30.4 Å². The fraction of sp³-hybridized carbons (Fsp3) is 0.250. The van der Waals surface area contributed by atoms with Crippen molar-refractivity contribution in [2.24, 2.45) is 0 Å². The molecule has 0 saturated heterocycles. The number of amides is 1. The number of furan rings is 1. The second-order valence-electron chi connectivity index (χ2n) is 6.39. The van der Waals surface area contributed by atoms with Crippen LogP contribution in [-0.2, 0) is 11.2 Å². The van der Waals surface area contributed by atoms with Crippen molar-refractivity contribution < 1.29 is 18.7 Å². The lowest BCUT2D eigenvalue weighted by Gasteiger charge is -2.20. The molecule has 1 aliphatic heterocycles. The van der Waals surface area contributed by atoms with E-state index < -0.39 is 0 Å². The Morgan fingerprint density at radius 2 is 1.77 bits per heavy atom. The molecule has 0 bridgehead atoms. The highest BCUT2D eigenvalue weighted by Crippen LogP contribution is 2.38. The Morgan fingerprint density at radius 3 is 2.54 bits per heavy atom. The van der Waals surface area contributed by atoms with Gasteiger partial charge in [-0.15, -0.1) is 0 Å². The number of nitrogens with one attached hydrogen (secondary N) is 1. The van der Waals surface area contributed by atoms with Gasteiger partial charge in [0.25, 0.3) is 0 Å². The largest absolute Gasteiger partial charge is 0.486 e. The van der Waals surface area contributed by atoms with Crippen molar-refractivity contribution in [3.8, 4) is 11.5 Å². The van der Waals surface area contributed by atoms with Crippen LogP contribution >= 0.6 is 15.9 Å². The Hall–Kier alpha value is -2.47. The van der Waals surface area contributed by atoms with E-state index in [1.54, 1.807) is 12.3 Å². The Kier molecular flexibility index (Phi) is 4.36. The van der Waals surface area contributed by atoms with Gasteiger partial charge in [0.1, 0.15) is 18.8 Å². The Morgan fingerprint density at radius 1 is 1.08 bits per heavy atom. The first-order valence-electron chi connectivity index (χ1n) is 8.37. The average molecular weight is 416 g/mol. The van der Waals surface area contributed by atoms with Crippen LogP contribution in [0.4, 0.5) is 5.69 Å². The third kappa shape index (κ3) is 3.17. The van der Waals surface area contributed by atoms with E-state index in [-0.39, 0.29) is 12.3 Å². The quantitative estimate of drug-likeness (QED) is 0.669. The normalized spacial score (nSPS) is 13.0. The van der Waals surface area contributed by atoms with Gasteiger partial charge in [0, 0.05) is 27.6 Å². The van der Waals surface area contributed by atoms with Gasteiger partial charge in [-0.25, -0.2) is 0 Å². The van der Waals surface area contributed by atoms with E-state index in [9.17, 15) is 4.79 Å². The molecule has 1 amide bonds. The van der Waals surface area contributed by atoms with Gasteiger partial charge in [0.2, 0.25) is 5.91 Å². The number of hydrogen-bond acceptors (Lipinski definition) is 4. The summed E-state index contributed by atoms with van der Waals surface area (Å²) < 4.78 is 17.5.